The number of anilines is 1. The maximum absolute atomic E-state index is 12.7. The van der Waals surface area contributed by atoms with Crippen LogP contribution in [0.3, 0.4) is 0 Å². The van der Waals surface area contributed by atoms with Gasteiger partial charge in [-0.15, -0.1) is 0 Å². The molecule has 0 saturated carbocycles. The van der Waals surface area contributed by atoms with E-state index < -0.39 is 5.91 Å². The number of carbonyl (C=O) groups excluding carboxylic acids is 2. The van der Waals surface area contributed by atoms with E-state index in [4.69, 9.17) is 0 Å². The minimum Gasteiger partial charge on any atom is -0.322 e. The van der Waals surface area contributed by atoms with Crippen LogP contribution in [0.1, 0.15) is 0 Å². The molecular weight excluding hydrogens is 281 g/mol. The molecule has 0 atom stereocenters. The summed E-state index contributed by atoms with van der Waals surface area (Å²) in [5, 5.41) is 3.10. The predicted octanol–water partition coefficient (Wildman–Crippen LogP) is 1.84. The molecule has 0 aromatic heterocycles. The summed E-state index contributed by atoms with van der Waals surface area (Å²) < 4.78 is 12.7. The number of nitrogens with one attached hydrogen (secondary N) is 1. The monoisotopic (exact) mass is 293 g/mol. The van der Waals surface area contributed by atoms with Crippen LogP contribution >= 0.6 is 11.8 Å². The van der Waals surface area contributed by atoms with E-state index in [2.05, 4.69) is 10.3 Å². The van der Waals surface area contributed by atoms with Gasteiger partial charge >= 0.3 is 0 Å². The molecule has 0 unspecified atom stereocenters. The van der Waals surface area contributed by atoms with Crippen LogP contribution in [0.2, 0.25) is 0 Å². The van der Waals surface area contributed by atoms with Gasteiger partial charge in [-0.25, -0.2) is 4.39 Å². The van der Waals surface area contributed by atoms with Crippen LogP contribution in [-0.2, 0) is 9.59 Å². The number of amides is 2. The summed E-state index contributed by atoms with van der Waals surface area (Å²) in [6, 6.07) is 5.38. The van der Waals surface area contributed by atoms with Crippen LogP contribution in [0.15, 0.2) is 40.2 Å². The Labute approximate surface area is 119 Å². The Balaban J connectivity index is 2.09. The molecule has 0 spiro atoms. The minimum absolute atomic E-state index is 0.273. The number of nitrogens with zero attached hydrogens (tertiary/aromatic N) is 2. The highest BCUT2D eigenvalue weighted by Gasteiger charge is 2.30. The summed E-state index contributed by atoms with van der Waals surface area (Å²) in [5.41, 5.74) is 0.460. The van der Waals surface area contributed by atoms with Gasteiger partial charge in [-0.1, -0.05) is 0 Å². The molecule has 0 bridgehead atoms. The minimum atomic E-state index is -0.446. The van der Waals surface area contributed by atoms with Gasteiger partial charge < -0.3 is 5.32 Å². The largest absolute Gasteiger partial charge is 0.322 e. The van der Waals surface area contributed by atoms with Crippen molar-refractivity contribution in [1.82, 2.24) is 4.90 Å². The van der Waals surface area contributed by atoms with Gasteiger partial charge in [-0.2, -0.15) is 0 Å². The lowest BCUT2D eigenvalue weighted by Gasteiger charge is -2.05. The Morgan fingerprint density at radius 1 is 1.40 bits per heavy atom. The van der Waals surface area contributed by atoms with Crippen molar-refractivity contribution < 1.29 is 14.0 Å². The predicted molar refractivity (Wildman–Crippen MR) is 76.8 cm³/mol. The highest BCUT2D eigenvalue weighted by molar-refractivity contribution is 8.18. The van der Waals surface area contributed by atoms with Crippen molar-refractivity contribution in [3.63, 3.8) is 0 Å². The van der Waals surface area contributed by atoms with E-state index in [0.717, 1.165) is 11.8 Å². The molecule has 1 heterocycles. The second kappa shape index (κ2) is 5.87. The fourth-order valence-corrected chi connectivity index (χ4v) is 2.48. The topological polar surface area (TPSA) is 61.8 Å². The molecule has 1 saturated heterocycles. The zero-order valence-corrected chi connectivity index (χ0v) is 11.7. The summed E-state index contributed by atoms with van der Waals surface area (Å²) in [6.07, 6.45) is 1.21. The van der Waals surface area contributed by atoms with E-state index in [1.807, 2.05) is 0 Å². The number of hydrogen-bond donors (Lipinski definition) is 1. The first-order chi connectivity index (χ1) is 9.51. The second-order valence-corrected chi connectivity index (χ2v) is 4.99. The molecule has 0 radical (unpaired) electrons. The number of likely N-dealkylation sites (N-methyl/N-ethyl adjacent to an activating group) is 1. The molecule has 1 aromatic rings. The number of rotatable bonds is 2. The molecular formula is C13H12FN3O2S. The standard InChI is InChI=1S/C13H12FN3O2S/c1-15-13-17(2)12(19)10(20-13)7-11(18)16-9-5-3-8(14)4-6-9/h3-7H,1-2H3,(H,16,18)/b10-7-,15-13?. The van der Waals surface area contributed by atoms with Crippen LogP contribution in [0.4, 0.5) is 10.1 Å². The quantitative estimate of drug-likeness (QED) is 0.846. The second-order valence-electron chi connectivity index (χ2n) is 3.98. The van der Waals surface area contributed by atoms with Gasteiger partial charge in [0.25, 0.3) is 5.91 Å². The van der Waals surface area contributed by atoms with Gasteiger partial charge in [-0.05, 0) is 36.0 Å². The number of benzene rings is 1. The fourth-order valence-electron chi connectivity index (χ4n) is 1.58. The van der Waals surface area contributed by atoms with E-state index in [1.165, 1.54) is 35.2 Å². The highest BCUT2D eigenvalue weighted by atomic mass is 32.2. The molecule has 1 aromatic carbocycles. The van der Waals surface area contributed by atoms with E-state index in [1.54, 1.807) is 14.1 Å². The molecule has 1 aliphatic heterocycles. The smallest absolute Gasteiger partial charge is 0.266 e. The van der Waals surface area contributed by atoms with E-state index in [-0.39, 0.29) is 11.7 Å². The summed E-state index contributed by atoms with van der Waals surface area (Å²) in [7, 11) is 3.17. The van der Waals surface area contributed by atoms with Gasteiger partial charge in [0, 0.05) is 25.9 Å². The van der Waals surface area contributed by atoms with Crippen molar-refractivity contribution >= 4 is 34.4 Å². The Morgan fingerprint density at radius 2 is 2.05 bits per heavy atom. The SMILES string of the molecule is CN=C1S/C(=C\C(=O)Nc2ccc(F)cc2)C(=O)N1C. The zero-order chi connectivity index (χ0) is 14.7. The molecule has 5 nitrogen and oxygen atoms in total. The lowest BCUT2D eigenvalue weighted by molar-refractivity contribution is -0.121. The van der Waals surface area contributed by atoms with Crippen molar-refractivity contribution in [2.24, 2.45) is 4.99 Å². The Hall–Kier alpha value is -2.15. The summed E-state index contributed by atoms with van der Waals surface area (Å²) >= 11 is 1.13. The fraction of sp³-hybridized carbons (Fsp3) is 0.154. The van der Waals surface area contributed by atoms with Crippen LogP contribution in [0.25, 0.3) is 0 Å². The average Bonchev–Trinajstić information content (AvgIpc) is 2.69. The van der Waals surface area contributed by atoms with E-state index >= 15 is 0 Å². The molecule has 0 aliphatic carbocycles. The Kier molecular flexibility index (Phi) is 4.19. The third kappa shape index (κ3) is 3.05. The van der Waals surface area contributed by atoms with Gasteiger partial charge in [-0.3, -0.25) is 19.5 Å². The van der Waals surface area contributed by atoms with Crippen LogP contribution < -0.4 is 5.32 Å². The number of aliphatic imine (C=N–C) groups is 1. The van der Waals surface area contributed by atoms with Crippen molar-refractivity contribution in [2.45, 2.75) is 0 Å². The first-order valence-corrected chi connectivity index (χ1v) is 6.54. The number of thioether (sulfide) groups is 1. The van der Waals surface area contributed by atoms with Gasteiger partial charge in [0.05, 0.1) is 4.91 Å². The molecule has 2 rings (SSSR count). The summed E-state index contributed by atoms with van der Waals surface area (Å²) in [6.45, 7) is 0. The number of hydrogen-bond acceptors (Lipinski definition) is 4. The number of halogens is 1. The van der Waals surface area contributed by atoms with Gasteiger partial charge in [0.2, 0.25) is 5.91 Å². The van der Waals surface area contributed by atoms with Crippen LogP contribution in [0.5, 0.6) is 0 Å². The van der Waals surface area contributed by atoms with E-state index in [0.29, 0.717) is 15.8 Å². The molecule has 7 heteroatoms. The first-order valence-electron chi connectivity index (χ1n) is 5.72. The molecule has 20 heavy (non-hydrogen) atoms. The van der Waals surface area contributed by atoms with Gasteiger partial charge in [0.1, 0.15) is 5.82 Å². The third-order valence-corrected chi connectivity index (χ3v) is 3.72. The lowest BCUT2D eigenvalue weighted by atomic mass is 10.3. The highest BCUT2D eigenvalue weighted by Crippen LogP contribution is 2.29. The lowest BCUT2D eigenvalue weighted by Crippen LogP contribution is -2.24. The summed E-state index contributed by atoms with van der Waals surface area (Å²) in [5.74, 6) is -1.10. The molecule has 2 amide bonds. The number of carbonyl (C=O) groups is 2. The summed E-state index contributed by atoms with van der Waals surface area (Å²) in [4.78, 5) is 29.2. The van der Waals surface area contributed by atoms with Crippen molar-refractivity contribution in [1.29, 1.82) is 0 Å². The molecule has 1 N–H and O–H groups in total. The Morgan fingerprint density at radius 3 is 2.60 bits per heavy atom. The molecule has 104 valence electrons. The molecule has 1 aliphatic rings. The maximum atomic E-state index is 12.7. The van der Waals surface area contributed by atoms with Crippen LogP contribution in [0, 0.1) is 5.82 Å². The zero-order valence-electron chi connectivity index (χ0n) is 10.9. The first kappa shape index (κ1) is 14.3. The van der Waals surface area contributed by atoms with Gasteiger partial charge in [0.15, 0.2) is 5.17 Å². The van der Waals surface area contributed by atoms with Crippen molar-refractivity contribution in [3.05, 3.63) is 41.1 Å². The van der Waals surface area contributed by atoms with E-state index in [9.17, 15) is 14.0 Å². The van der Waals surface area contributed by atoms with Crippen molar-refractivity contribution in [2.75, 3.05) is 19.4 Å². The number of amidine groups is 1. The normalized spacial score (nSPS) is 18.9. The van der Waals surface area contributed by atoms with Crippen LogP contribution in [-0.4, -0.2) is 36.0 Å². The average molecular weight is 293 g/mol. The molecule has 1 fully saturated rings. The maximum Gasteiger partial charge on any atom is 0.266 e. The Bertz CT molecular complexity index is 611. The third-order valence-electron chi connectivity index (χ3n) is 2.57. The van der Waals surface area contributed by atoms with Crippen molar-refractivity contribution in [3.8, 4) is 0 Å².